The predicted molar refractivity (Wildman–Crippen MR) is 88.6 cm³/mol. The number of aldehydes is 1. The SMILES string of the molecule is O=Cc1ccc(N2CCC(Oc3ccc(OC(F)(F)F)cc3)CC2)nc1. The van der Waals surface area contributed by atoms with Gasteiger partial charge in [-0.1, -0.05) is 0 Å². The first-order valence-electron chi connectivity index (χ1n) is 8.11. The fraction of sp³-hybridized carbons (Fsp3) is 0.333. The van der Waals surface area contributed by atoms with E-state index in [-0.39, 0.29) is 11.9 Å². The molecule has 1 aromatic heterocycles. The Morgan fingerprint density at radius 3 is 2.23 bits per heavy atom. The van der Waals surface area contributed by atoms with Gasteiger partial charge in [0.25, 0.3) is 0 Å². The average Bonchev–Trinajstić information content (AvgIpc) is 2.63. The number of hydrogen-bond donors (Lipinski definition) is 0. The summed E-state index contributed by atoms with van der Waals surface area (Å²) in [6, 6.07) is 8.93. The van der Waals surface area contributed by atoms with Gasteiger partial charge in [-0.05, 0) is 36.4 Å². The standard InChI is InChI=1S/C18H17F3N2O3/c19-18(20,21)26-16-4-2-14(3-5-16)25-15-7-9-23(10-8-15)17-6-1-13(12-24)11-22-17/h1-6,11-12,15H,7-10H2. The number of hydrogen-bond acceptors (Lipinski definition) is 5. The van der Waals surface area contributed by atoms with Crippen LogP contribution in [-0.4, -0.2) is 36.8 Å². The zero-order valence-corrected chi connectivity index (χ0v) is 13.8. The summed E-state index contributed by atoms with van der Waals surface area (Å²) in [5, 5.41) is 0. The molecule has 0 saturated carbocycles. The lowest BCUT2D eigenvalue weighted by Crippen LogP contribution is -2.38. The molecule has 1 aliphatic heterocycles. The van der Waals surface area contributed by atoms with Crippen molar-refractivity contribution >= 4 is 12.1 Å². The summed E-state index contributed by atoms with van der Waals surface area (Å²) < 4.78 is 46.1. The Hall–Kier alpha value is -2.77. The van der Waals surface area contributed by atoms with Gasteiger partial charge in [0.1, 0.15) is 23.4 Å². The number of alkyl halides is 3. The van der Waals surface area contributed by atoms with Crippen molar-refractivity contribution < 1.29 is 27.4 Å². The van der Waals surface area contributed by atoms with Crippen molar-refractivity contribution in [2.75, 3.05) is 18.0 Å². The molecule has 0 atom stereocenters. The molecule has 138 valence electrons. The maximum Gasteiger partial charge on any atom is 0.573 e. The first-order chi connectivity index (χ1) is 12.4. The van der Waals surface area contributed by atoms with Gasteiger partial charge in [-0.15, -0.1) is 13.2 Å². The summed E-state index contributed by atoms with van der Waals surface area (Å²) in [7, 11) is 0. The number of carbonyl (C=O) groups is 1. The van der Waals surface area contributed by atoms with Crippen molar-refractivity contribution in [3.05, 3.63) is 48.2 Å². The Balaban J connectivity index is 1.51. The normalized spacial score (nSPS) is 15.6. The molecule has 0 radical (unpaired) electrons. The summed E-state index contributed by atoms with van der Waals surface area (Å²) in [5.41, 5.74) is 0.532. The molecule has 1 aromatic carbocycles. The van der Waals surface area contributed by atoms with Gasteiger partial charge >= 0.3 is 6.36 Å². The van der Waals surface area contributed by atoms with E-state index in [1.165, 1.54) is 30.5 Å². The lowest BCUT2D eigenvalue weighted by Gasteiger charge is -2.33. The topological polar surface area (TPSA) is 51.7 Å². The second kappa shape index (κ2) is 7.63. The third-order valence-corrected chi connectivity index (χ3v) is 4.03. The molecule has 0 spiro atoms. The van der Waals surface area contributed by atoms with E-state index < -0.39 is 6.36 Å². The monoisotopic (exact) mass is 366 g/mol. The molecule has 8 heteroatoms. The van der Waals surface area contributed by atoms with E-state index in [1.54, 1.807) is 6.07 Å². The van der Waals surface area contributed by atoms with Gasteiger partial charge in [-0.25, -0.2) is 4.98 Å². The quantitative estimate of drug-likeness (QED) is 0.753. The number of aromatic nitrogens is 1. The van der Waals surface area contributed by atoms with Crippen LogP contribution in [0.3, 0.4) is 0 Å². The number of carbonyl (C=O) groups excluding carboxylic acids is 1. The summed E-state index contributed by atoms with van der Waals surface area (Å²) >= 11 is 0. The number of ether oxygens (including phenoxy) is 2. The van der Waals surface area contributed by atoms with Gasteiger partial charge in [0.05, 0.1) is 0 Å². The molecule has 1 fully saturated rings. The van der Waals surface area contributed by atoms with E-state index in [0.717, 1.165) is 38.0 Å². The molecule has 26 heavy (non-hydrogen) atoms. The maximum atomic E-state index is 12.2. The van der Waals surface area contributed by atoms with Crippen LogP contribution in [0, 0.1) is 0 Å². The zero-order valence-electron chi connectivity index (χ0n) is 13.8. The van der Waals surface area contributed by atoms with E-state index in [1.807, 2.05) is 6.07 Å². The Bertz CT molecular complexity index is 725. The van der Waals surface area contributed by atoms with Crippen LogP contribution in [-0.2, 0) is 0 Å². The van der Waals surface area contributed by atoms with E-state index >= 15 is 0 Å². The van der Waals surface area contributed by atoms with Gasteiger partial charge in [0.2, 0.25) is 0 Å². The number of nitrogens with zero attached hydrogens (tertiary/aromatic N) is 2. The fourth-order valence-corrected chi connectivity index (χ4v) is 2.77. The first kappa shape index (κ1) is 18.0. The molecule has 5 nitrogen and oxygen atoms in total. The molecule has 1 aliphatic rings. The maximum absolute atomic E-state index is 12.2. The summed E-state index contributed by atoms with van der Waals surface area (Å²) in [6.45, 7) is 1.49. The van der Waals surface area contributed by atoms with Crippen LogP contribution in [0.4, 0.5) is 19.0 Å². The second-order valence-corrected chi connectivity index (χ2v) is 5.89. The molecule has 3 rings (SSSR count). The summed E-state index contributed by atoms with van der Waals surface area (Å²) in [6.07, 6.45) is -0.907. The van der Waals surface area contributed by atoms with Crippen LogP contribution in [0.2, 0.25) is 0 Å². The van der Waals surface area contributed by atoms with Crippen LogP contribution in [0.1, 0.15) is 23.2 Å². The Kier molecular flexibility index (Phi) is 5.29. The van der Waals surface area contributed by atoms with Crippen molar-refractivity contribution in [3.8, 4) is 11.5 Å². The Morgan fingerprint density at radius 2 is 1.69 bits per heavy atom. The smallest absolute Gasteiger partial charge is 0.490 e. The first-order valence-corrected chi connectivity index (χ1v) is 8.11. The average molecular weight is 366 g/mol. The zero-order chi connectivity index (χ0) is 18.6. The third-order valence-electron chi connectivity index (χ3n) is 4.03. The van der Waals surface area contributed by atoms with Crippen LogP contribution in [0.25, 0.3) is 0 Å². The molecule has 0 unspecified atom stereocenters. The van der Waals surface area contributed by atoms with Gasteiger partial charge in [0.15, 0.2) is 6.29 Å². The van der Waals surface area contributed by atoms with Gasteiger partial charge in [0, 0.05) is 37.7 Å². The van der Waals surface area contributed by atoms with Gasteiger partial charge < -0.3 is 14.4 Å². The van der Waals surface area contributed by atoms with Gasteiger partial charge in [-0.2, -0.15) is 0 Å². The predicted octanol–water partition coefficient (Wildman–Crippen LogP) is 3.84. The van der Waals surface area contributed by atoms with Crippen molar-refractivity contribution in [1.82, 2.24) is 4.98 Å². The molecule has 0 amide bonds. The number of anilines is 1. The minimum Gasteiger partial charge on any atom is -0.490 e. The Morgan fingerprint density at radius 1 is 1.04 bits per heavy atom. The largest absolute Gasteiger partial charge is 0.573 e. The van der Waals surface area contributed by atoms with Crippen LogP contribution < -0.4 is 14.4 Å². The van der Waals surface area contributed by atoms with Gasteiger partial charge in [-0.3, -0.25) is 4.79 Å². The second-order valence-electron chi connectivity index (χ2n) is 5.89. The molecular formula is C18H17F3N2O3. The number of rotatable bonds is 5. The highest BCUT2D eigenvalue weighted by Crippen LogP contribution is 2.27. The highest BCUT2D eigenvalue weighted by molar-refractivity contribution is 5.74. The molecule has 2 heterocycles. The minimum absolute atomic E-state index is 0.0186. The summed E-state index contributed by atoms with van der Waals surface area (Å²) in [4.78, 5) is 17.0. The molecule has 0 bridgehead atoms. The molecule has 0 N–H and O–H groups in total. The summed E-state index contributed by atoms with van der Waals surface area (Å²) in [5.74, 6) is 1.04. The van der Waals surface area contributed by atoms with Crippen molar-refractivity contribution in [2.24, 2.45) is 0 Å². The molecular weight excluding hydrogens is 349 g/mol. The van der Waals surface area contributed by atoms with E-state index in [9.17, 15) is 18.0 Å². The molecule has 0 aliphatic carbocycles. The van der Waals surface area contributed by atoms with Crippen LogP contribution in [0.5, 0.6) is 11.5 Å². The number of benzene rings is 1. The van der Waals surface area contributed by atoms with Crippen LogP contribution in [0.15, 0.2) is 42.6 Å². The van der Waals surface area contributed by atoms with Crippen molar-refractivity contribution in [1.29, 1.82) is 0 Å². The number of halogens is 3. The Labute approximate surface area is 148 Å². The van der Waals surface area contributed by atoms with Crippen molar-refractivity contribution in [2.45, 2.75) is 25.3 Å². The highest BCUT2D eigenvalue weighted by Gasteiger charge is 2.31. The fourth-order valence-electron chi connectivity index (χ4n) is 2.77. The third kappa shape index (κ3) is 4.87. The highest BCUT2D eigenvalue weighted by atomic mass is 19.4. The lowest BCUT2D eigenvalue weighted by atomic mass is 10.1. The molecule has 1 saturated heterocycles. The lowest BCUT2D eigenvalue weighted by molar-refractivity contribution is -0.274. The molecule has 2 aromatic rings. The van der Waals surface area contributed by atoms with E-state index in [2.05, 4.69) is 14.6 Å². The van der Waals surface area contributed by atoms with Crippen molar-refractivity contribution in [3.63, 3.8) is 0 Å². The van der Waals surface area contributed by atoms with Crippen LogP contribution >= 0.6 is 0 Å². The van der Waals surface area contributed by atoms with E-state index in [0.29, 0.717) is 11.3 Å². The van der Waals surface area contributed by atoms with E-state index in [4.69, 9.17) is 4.74 Å². The number of piperidine rings is 1. The minimum atomic E-state index is -4.70. The number of pyridine rings is 1.